The maximum Gasteiger partial charge on any atom is 0.412 e. The lowest BCUT2D eigenvalue weighted by Crippen LogP contribution is -2.27. The molecule has 6 heteroatoms. The third kappa shape index (κ3) is 4.93. The fourth-order valence-electron chi connectivity index (χ4n) is 2.93. The van der Waals surface area contributed by atoms with Gasteiger partial charge >= 0.3 is 6.09 Å². The molecule has 0 aromatic heterocycles. The summed E-state index contributed by atoms with van der Waals surface area (Å²) in [5.74, 6) is 0.524. The van der Waals surface area contributed by atoms with Crippen LogP contribution in [0.1, 0.15) is 38.8 Å². The van der Waals surface area contributed by atoms with Crippen LogP contribution < -0.4 is 11.1 Å². The van der Waals surface area contributed by atoms with Crippen molar-refractivity contribution >= 4 is 27.7 Å². The first-order valence-corrected chi connectivity index (χ1v) is 8.68. The number of benzene rings is 1. The van der Waals surface area contributed by atoms with E-state index in [1.165, 1.54) is 5.56 Å². The molecule has 5 nitrogen and oxygen atoms in total. The molecule has 1 aliphatic rings. The van der Waals surface area contributed by atoms with Crippen molar-refractivity contribution < 1.29 is 9.53 Å². The van der Waals surface area contributed by atoms with Crippen LogP contribution in [0.5, 0.6) is 0 Å². The van der Waals surface area contributed by atoms with Gasteiger partial charge in [0.25, 0.3) is 0 Å². The molecule has 1 aromatic rings. The molecule has 2 atom stereocenters. The predicted molar refractivity (Wildman–Crippen MR) is 96.5 cm³/mol. The van der Waals surface area contributed by atoms with Crippen molar-refractivity contribution in [1.82, 2.24) is 4.90 Å². The van der Waals surface area contributed by atoms with E-state index in [0.29, 0.717) is 18.5 Å². The van der Waals surface area contributed by atoms with Crippen molar-refractivity contribution in [2.45, 2.75) is 38.8 Å². The van der Waals surface area contributed by atoms with Crippen molar-refractivity contribution in [3.05, 3.63) is 28.2 Å². The fraction of sp³-hybridized carbons (Fsp3) is 0.588. The van der Waals surface area contributed by atoms with Gasteiger partial charge < -0.3 is 10.5 Å². The molecule has 23 heavy (non-hydrogen) atoms. The summed E-state index contributed by atoms with van der Waals surface area (Å²) >= 11 is 3.48. The number of hydrogen-bond acceptors (Lipinski definition) is 4. The highest BCUT2D eigenvalue weighted by atomic mass is 79.9. The largest absolute Gasteiger partial charge is 0.444 e. The number of nitrogens with zero attached hydrogens (tertiary/aromatic N) is 1. The molecular weight excluding hydrogens is 358 g/mol. The summed E-state index contributed by atoms with van der Waals surface area (Å²) in [6.07, 6.45) is 0.593. The van der Waals surface area contributed by atoms with Crippen LogP contribution in [0, 0.1) is 5.92 Å². The Balaban J connectivity index is 2.15. The SMILES string of the molecule is CN1CC(CN)CC1c1ccc(Br)c(NC(=O)OC(C)(C)C)c1. The second kappa shape index (κ2) is 7.20. The van der Waals surface area contributed by atoms with Crippen LogP contribution in [0.15, 0.2) is 22.7 Å². The lowest BCUT2D eigenvalue weighted by Gasteiger charge is -2.22. The first kappa shape index (κ1) is 18.2. The van der Waals surface area contributed by atoms with Gasteiger partial charge in [0.1, 0.15) is 5.60 Å². The van der Waals surface area contributed by atoms with E-state index in [4.69, 9.17) is 10.5 Å². The first-order chi connectivity index (χ1) is 10.7. The molecule has 3 N–H and O–H groups in total. The molecule has 1 amide bonds. The zero-order chi connectivity index (χ0) is 17.2. The zero-order valence-corrected chi connectivity index (χ0v) is 15.8. The number of nitrogens with two attached hydrogens (primary N) is 1. The van der Waals surface area contributed by atoms with Crippen LogP contribution in [-0.2, 0) is 4.74 Å². The molecule has 2 rings (SSSR count). The second-order valence-electron chi connectivity index (χ2n) is 7.16. The van der Waals surface area contributed by atoms with Gasteiger partial charge in [-0.1, -0.05) is 6.07 Å². The standard InChI is InChI=1S/C17H26BrN3O2/c1-17(2,3)23-16(22)20-14-8-12(5-6-13(14)18)15-7-11(9-19)10-21(15)4/h5-6,8,11,15H,7,9-10,19H2,1-4H3,(H,20,22). The third-order valence-electron chi connectivity index (χ3n) is 3.98. The van der Waals surface area contributed by atoms with Gasteiger partial charge in [-0.3, -0.25) is 10.2 Å². The molecule has 2 unspecified atom stereocenters. The third-order valence-corrected chi connectivity index (χ3v) is 4.67. The van der Waals surface area contributed by atoms with Crippen molar-refractivity contribution in [1.29, 1.82) is 0 Å². The molecule has 1 saturated heterocycles. The molecule has 0 radical (unpaired) electrons. The summed E-state index contributed by atoms with van der Waals surface area (Å²) in [5.41, 5.74) is 7.19. The second-order valence-corrected chi connectivity index (χ2v) is 8.01. The quantitative estimate of drug-likeness (QED) is 0.833. The van der Waals surface area contributed by atoms with Crippen molar-refractivity contribution in [2.24, 2.45) is 11.7 Å². The Morgan fingerprint density at radius 3 is 2.74 bits per heavy atom. The van der Waals surface area contributed by atoms with Crippen molar-refractivity contribution in [3.63, 3.8) is 0 Å². The van der Waals surface area contributed by atoms with E-state index in [1.807, 2.05) is 32.9 Å². The molecule has 128 valence electrons. The van der Waals surface area contributed by atoms with Gasteiger partial charge in [0.2, 0.25) is 0 Å². The number of nitrogens with one attached hydrogen (secondary N) is 1. The highest BCUT2D eigenvalue weighted by Gasteiger charge is 2.30. The predicted octanol–water partition coefficient (Wildman–Crippen LogP) is 3.75. The van der Waals surface area contributed by atoms with Gasteiger partial charge in [0, 0.05) is 17.1 Å². The Morgan fingerprint density at radius 2 is 2.17 bits per heavy atom. The number of carbonyl (C=O) groups excluding carboxylic acids is 1. The van der Waals surface area contributed by atoms with Gasteiger partial charge in [0.15, 0.2) is 0 Å². The molecule has 0 aliphatic carbocycles. The number of ether oxygens (including phenoxy) is 1. The summed E-state index contributed by atoms with van der Waals surface area (Å²) in [5, 5.41) is 2.82. The van der Waals surface area contributed by atoms with Gasteiger partial charge in [-0.25, -0.2) is 4.79 Å². The van der Waals surface area contributed by atoms with Crippen LogP contribution in [0.3, 0.4) is 0 Å². The number of hydrogen-bond donors (Lipinski definition) is 2. The highest BCUT2D eigenvalue weighted by Crippen LogP contribution is 2.36. The van der Waals surface area contributed by atoms with Crippen LogP contribution in [0.25, 0.3) is 0 Å². The maximum absolute atomic E-state index is 12.0. The fourth-order valence-corrected chi connectivity index (χ4v) is 3.27. The molecule has 1 fully saturated rings. The first-order valence-electron chi connectivity index (χ1n) is 7.89. The molecule has 1 heterocycles. The molecule has 0 bridgehead atoms. The average molecular weight is 384 g/mol. The Morgan fingerprint density at radius 1 is 1.48 bits per heavy atom. The minimum atomic E-state index is -0.520. The number of anilines is 1. The van der Waals surface area contributed by atoms with Crippen molar-refractivity contribution in [2.75, 3.05) is 25.5 Å². The van der Waals surface area contributed by atoms with E-state index in [9.17, 15) is 4.79 Å². The minimum absolute atomic E-state index is 0.329. The molecule has 0 saturated carbocycles. The number of likely N-dealkylation sites (tertiary alicyclic amines) is 1. The van der Waals surface area contributed by atoms with E-state index >= 15 is 0 Å². The lowest BCUT2D eigenvalue weighted by molar-refractivity contribution is 0.0636. The minimum Gasteiger partial charge on any atom is -0.444 e. The van der Waals surface area contributed by atoms with Gasteiger partial charge in [-0.15, -0.1) is 0 Å². The smallest absolute Gasteiger partial charge is 0.412 e. The Labute approximate surface area is 146 Å². The van der Waals surface area contributed by atoms with Crippen molar-refractivity contribution in [3.8, 4) is 0 Å². The van der Waals surface area contributed by atoms with Gasteiger partial charge in [-0.05, 0) is 80.3 Å². The van der Waals surface area contributed by atoms with Gasteiger partial charge in [0.05, 0.1) is 5.69 Å². The monoisotopic (exact) mass is 383 g/mol. The number of halogens is 1. The average Bonchev–Trinajstić information content (AvgIpc) is 2.80. The summed E-state index contributed by atoms with van der Waals surface area (Å²) in [4.78, 5) is 14.3. The van der Waals surface area contributed by atoms with E-state index < -0.39 is 11.7 Å². The highest BCUT2D eigenvalue weighted by molar-refractivity contribution is 9.10. The Bertz CT molecular complexity index is 571. The van der Waals surface area contributed by atoms with Crippen LogP contribution >= 0.6 is 15.9 Å². The normalized spacial score (nSPS) is 22.2. The van der Waals surface area contributed by atoms with E-state index in [-0.39, 0.29) is 0 Å². The molecular formula is C17H26BrN3O2. The summed E-state index contributed by atoms with van der Waals surface area (Å²) in [6.45, 7) is 7.25. The zero-order valence-electron chi connectivity index (χ0n) is 14.2. The van der Waals surface area contributed by atoms with E-state index in [1.54, 1.807) is 0 Å². The molecule has 0 spiro atoms. The number of carbonyl (C=O) groups is 1. The van der Waals surface area contributed by atoms with E-state index in [0.717, 1.165) is 23.1 Å². The van der Waals surface area contributed by atoms with Crippen LogP contribution in [0.2, 0.25) is 0 Å². The summed E-state index contributed by atoms with van der Waals surface area (Å²) in [6, 6.07) is 6.39. The molecule has 1 aromatic carbocycles. The maximum atomic E-state index is 12.0. The van der Waals surface area contributed by atoms with E-state index in [2.05, 4.69) is 39.3 Å². The Hall–Kier alpha value is -1.11. The van der Waals surface area contributed by atoms with Crippen LogP contribution in [0.4, 0.5) is 10.5 Å². The number of rotatable bonds is 3. The lowest BCUT2D eigenvalue weighted by atomic mass is 9.99. The summed E-state index contributed by atoms with van der Waals surface area (Å²) < 4.78 is 6.16. The topological polar surface area (TPSA) is 67.6 Å². The molecule has 1 aliphatic heterocycles. The Kier molecular flexibility index (Phi) is 5.70. The van der Waals surface area contributed by atoms with Crippen LogP contribution in [-0.4, -0.2) is 36.7 Å². The number of amides is 1. The summed E-state index contributed by atoms with van der Waals surface area (Å²) in [7, 11) is 2.11. The van der Waals surface area contributed by atoms with Gasteiger partial charge in [-0.2, -0.15) is 0 Å².